The van der Waals surface area contributed by atoms with Crippen molar-refractivity contribution in [2.24, 2.45) is 0 Å². The molecular formula is C22H19ClN2O2S. The highest BCUT2D eigenvalue weighted by molar-refractivity contribution is 7.80. The molecule has 0 radical (unpaired) electrons. The zero-order valence-electron chi connectivity index (χ0n) is 15.0. The van der Waals surface area contributed by atoms with Gasteiger partial charge in [-0.3, -0.25) is 10.1 Å². The summed E-state index contributed by atoms with van der Waals surface area (Å²) < 4.78 is 5.81. The Hall–Kier alpha value is -2.89. The smallest absolute Gasteiger partial charge is 0.257 e. The van der Waals surface area contributed by atoms with Crippen LogP contribution in [-0.4, -0.2) is 17.6 Å². The molecule has 0 atom stereocenters. The SMILES string of the molecule is O=C(NC(=S)Nc1cccc(OCCc2ccccc2)c1)c1ccc(Cl)cc1. The summed E-state index contributed by atoms with van der Waals surface area (Å²) in [7, 11) is 0. The second-order valence-electron chi connectivity index (χ2n) is 6.03. The Kier molecular flexibility index (Phi) is 7.00. The number of carbonyl (C=O) groups excluding carboxylic acids is 1. The van der Waals surface area contributed by atoms with E-state index >= 15 is 0 Å². The Morgan fingerprint density at radius 2 is 1.71 bits per heavy atom. The maximum absolute atomic E-state index is 12.2. The van der Waals surface area contributed by atoms with E-state index < -0.39 is 0 Å². The molecule has 0 saturated heterocycles. The molecule has 3 rings (SSSR count). The van der Waals surface area contributed by atoms with Gasteiger partial charge in [0.15, 0.2) is 5.11 Å². The van der Waals surface area contributed by atoms with Crippen LogP contribution in [0.2, 0.25) is 5.02 Å². The predicted molar refractivity (Wildman–Crippen MR) is 117 cm³/mol. The molecule has 1 amide bonds. The molecule has 0 unspecified atom stereocenters. The van der Waals surface area contributed by atoms with Crippen LogP contribution in [-0.2, 0) is 6.42 Å². The zero-order valence-corrected chi connectivity index (χ0v) is 16.6. The van der Waals surface area contributed by atoms with Gasteiger partial charge in [0.2, 0.25) is 0 Å². The predicted octanol–water partition coefficient (Wildman–Crippen LogP) is 5.09. The Morgan fingerprint density at radius 1 is 0.964 bits per heavy atom. The van der Waals surface area contributed by atoms with Gasteiger partial charge in [0, 0.05) is 28.8 Å². The summed E-state index contributed by atoms with van der Waals surface area (Å²) in [5, 5.41) is 6.42. The molecule has 0 aliphatic rings. The first-order valence-electron chi connectivity index (χ1n) is 8.75. The van der Waals surface area contributed by atoms with E-state index in [9.17, 15) is 4.79 Å². The van der Waals surface area contributed by atoms with Crippen LogP contribution in [0.1, 0.15) is 15.9 Å². The average molecular weight is 411 g/mol. The Morgan fingerprint density at radius 3 is 2.46 bits per heavy atom. The topological polar surface area (TPSA) is 50.4 Å². The quantitative estimate of drug-likeness (QED) is 0.556. The van der Waals surface area contributed by atoms with Gasteiger partial charge in [-0.05, 0) is 54.2 Å². The number of hydrogen-bond acceptors (Lipinski definition) is 3. The van der Waals surface area contributed by atoms with Gasteiger partial charge in [-0.2, -0.15) is 0 Å². The zero-order chi connectivity index (χ0) is 19.8. The third-order valence-corrected chi connectivity index (χ3v) is 4.38. The molecule has 0 heterocycles. The fourth-order valence-corrected chi connectivity index (χ4v) is 2.87. The van der Waals surface area contributed by atoms with Gasteiger partial charge in [-0.15, -0.1) is 0 Å². The Balaban J connectivity index is 1.51. The number of carbonyl (C=O) groups is 1. The van der Waals surface area contributed by atoms with Gasteiger partial charge in [0.05, 0.1) is 6.61 Å². The molecular weight excluding hydrogens is 392 g/mol. The van der Waals surface area contributed by atoms with E-state index in [4.69, 9.17) is 28.6 Å². The lowest BCUT2D eigenvalue weighted by molar-refractivity contribution is 0.0977. The van der Waals surface area contributed by atoms with Gasteiger partial charge >= 0.3 is 0 Å². The van der Waals surface area contributed by atoms with Gasteiger partial charge in [-0.1, -0.05) is 48.0 Å². The van der Waals surface area contributed by atoms with Crippen LogP contribution in [0.25, 0.3) is 0 Å². The van der Waals surface area contributed by atoms with Crippen molar-refractivity contribution in [3.8, 4) is 5.75 Å². The van der Waals surface area contributed by atoms with Crippen LogP contribution in [0.3, 0.4) is 0 Å². The molecule has 6 heteroatoms. The number of amides is 1. The van der Waals surface area contributed by atoms with E-state index in [2.05, 4.69) is 22.8 Å². The highest BCUT2D eigenvalue weighted by Crippen LogP contribution is 2.18. The van der Waals surface area contributed by atoms with Crippen molar-refractivity contribution in [3.63, 3.8) is 0 Å². The lowest BCUT2D eigenvalue weighted by Gasteiger charge is -2.11. The number of benzene rings is 3. The maximum Gasteiger partial charge on any atom is 0.257 e. The maximum atomic E-state index is 12.2. The van der Waals surface area contributed by atoms with E-state index in [1.807, 2.05) is 42.5 Å². The van der Waals surface area contributed by atoms with Crippen molar-refractivity contribution in [1.29, 1.82) is 0 Å². The lowest BCUT2D eigenvalue weighted by Crippen LogP contribution is -2.34. The number of ether oxygens (including phenoxy) is 1. The highest BCUT2D eigenvalue weighted by atomic mass is 35.5. The Bertz CT molecular complexity index is 946. The molecule has 3 aromatic carbocycles. The monoisotopic (exact) mass is 410 g/mol. The van der Waals surface area contributed by atoms with Crippen molar-refractivity contribution in [3.05, 3.63) is 95.0 Å². The number of hydrogen-bond donors (Lipinski definition) is 2. The number of thiocarbonyl (C=S) groups is 1. The minimum absolute atomic E-state index is 0.210. The summed E-state index contributed by atoms with van der Waals surface area (Å²) >= 11 is 11.1. The van der Waals surface area contributed by atoms with E-state index in [0.717, 1.165) is 17.9 Å². The van der Waals surface area contributed by atoms with Crippen LogP contribution >= 0.6 is 23.8 Å². The molecule has 0 fully saturated rings. The highest BCUT2D eigenvalue weighted by Gasteiger charge is 2.08. The number of nitrogens with one attached hydrogen (secondary N) is 2. The largest absolute Gasteiger partial charge is 0.493 e. The summed E-state index contributed by atoms with van der Waals surface area (Å²) in [4.78, 5) is 12.2. The van der Waals surface area contributed by atoms with Gasteiger partial charge in [0.1, 0.15) is 5.75 Å². The molecule has 28 heavy (non-hydrogen) atoms. The summed E-state index contributed by atoms with van der Waals surface area (Å²) in [5.74, 6) is 0.428. The lowest BCUT2D eigenvalue weighted by atomic mass is 10.2. The fraction of sp³-hybridized carbons (Fsp3) is 0.0909. The molecule has 142 valence electrons. The molecule has 0 saturated carbocycles. The van der Waals surface area contributed by atoms with Crippen molar-refractivity contribution in [2.75, 3.05) is 11.9 Å². The third-order valence-electron chi connectivity index (χ3n) is 3.93. The average Bonchev–Trinajstić information content (AvgIpc) is 2.69. The number of halogens is 1. The van der Waals surface area contributed by atoms with Crippen LogP contribution in [0.5, 0.6) is 5.75 Å². The van der Waals surface area contributed by atoms with Crippen molar-refractivity contribution in [1.82, 2.24) is 5.32 Å². The first-order valence-corrected chi connectivity index (χ1v) is 9.53. The minimum atomic E-state index is -0.301. The second kappa shape index (κ2) is 9.88. The molecule has 4 nitrogen and oxygen atoms in total. The van der Waals surface area contributed by atoms with E-state index in [0.29, 0.717) is 17.2 Å². The minimum Gasteiger partial charge on any atom is -0.493 e. The van der Waals surface area contributed by atoms with Gasteiger partial charge in [-0.25, -0.2) is 0 Å². The Labute approximate surface area is 174 Å². The molecule has 0 aliphatic heterocycles. The van der Waals surface area contributed by atoms with E-state index in [1.165, 1.54) is 5.56 Å². The van der Waals surface area contributed by atoms with Crippen molar-refractivity contribution >= 4 is 40.5 Å². The molecule has 0 spiro atoms. The van der Waals surface area contributed by atoms with Crippen LogP contribution in [0.15, 0.2) is 78.9 Å². The molecule has 0 aliphatic carbocycles. The third kappa shape index (κ3) is 6.08. The van der Waals surface area contributed by atoms with Gasteiger partial charge in [0.25, 0.3) is 5.91 Å². The molecule has 2 N–H and O–H groups in total. The van der Waals surface area contributed by atoms with Crippen LogP contribution in [0, 0.1) is 0 Å². The number of rotatable bonds is 6. The van der Waals surface area contributed by atoms with Crippen molar-refractivity contribution in [2.45, 2.75) is 6.42 Å². The molecule has 3 aromatic rings. The normalized spacial score (nSPS) is 10.2. The molecule has 0 bridgehead atoms. The van der Waals surface area contributed by atoms with Crippen molar-refractivity contribution < 1.29 is 9.53 Å². The van der Waals surface area contributed by atoms with Gasteiger partial charge < -0.3 is 10.1 Å². The molecule has 0 aromatic heterocycles. The fourth-order valence-electron chi connectivity index (χ4n) is 2.53. The van der Waals surface area contributed by atoms with Crippen LogP contribution < -0.4 is 15.4 Å². The van der Waals surface area contributed by atoms with E-state index in [1.54, 1.807) is 24.3 Å². The summed E-state index contributed by atoms with van der Waals surface area (Å²) in [6.45, 7) is 0.575. The standard InChI is InChI=1S/C22H19ClN2O2S/c23-18-11-9-17(10-12-18)21(26)25-22(28)24-19-7-4-8-20(15-19)27-14-13-16-5-2-1-3-6-16/h1-12,15H,13-14H2,(H2,24,25,26,28). The summed E-state index contributed by atoms with van der Waals surface area (Å²) in [6.07, 6.45) is 0.827. The van der Waals surface area contributed by atoms with E-state index in [-0.39, 0.29) is 11.0 Å². The summed E-state index contributed by atoms with van der Waals surface area (Å²) in [6, 6.07) is 24.2. The first kappa shape index (κ1) is 19.9. The van der Waals surface area contributed by atoms with Crippen LogP contribution in [0.4, 0.5) is 5.69 Å². The summed E-state index contributed by atoms with van der Waals surface area (Å²) in [5.41, 5.74) is 2.44. The number of anilines is 1. The second-order valence-corrected chi connectivity index (χ2v) is 6.87. The first-order chi connectivity index (χ1) is 13.6.